The maximum Gasteiger partial charge on any atom is 4.00 e. The van der Waals surface area contributed by atoms with Gasteiger partial charge in [-0.25, -0.2) is 4.79 Å². The predicted octanol–water partition coefficient (Wildman–Crippen LogP) is -1.15. The van der Waals surface area contributed by atoms with Crippen molar-refractivity contribution < 1.29 is 32.0 Å². The van der Waals surface area contributed by atoms with Gasteiger partial charge < -0.3 is 28.2 Å². The molecule has 0 aliphatic carbocycles. The summed E-state index contributed by atoms with van der Waals surface area (Å²) in [5.41, 5.74) is -0.855. The van der Waals surface area contributed by atoms with Crippen LogP contribution in [0.4, 0.5) is 0 Å². The Kier molecular flexibility index (Phi) is 31.3. The van der Waals surface area contributed by atoms with Gasteiger partial charge >= 0.3 is 26.8 Å². The Bertz CT molecular complexity index is 258. The van der Waals surface area contributed by atoms with Crippen LogP contribution in [-0.4, -0.2) is 20.9 Å². The molecule has 1 aromatic heterocycles. The molecule has 80 valence electrons. The second-order valence-electron chi connectivity index (χ2n) is 1.30. The van der Waals surface area contributed by atoms with Crippen molar-refractivity contribution in [3.05, 3.63) is 45.4 Å². The van der Waals surface area contributed by atoms with Gasteiger partial charge in [0.05, 0.1) is 0 Å². The van der Waals surface area contributed by atoms with Crippen LogP contribution < -0.4 is 11.2 Å². The third-order valence-electron chi connectivity index (χ3n) is 0.686. The van der Waals surface area contributed by atoms with Crippen LogP contribution in [0.5, 0.6) is 0 Å². The average molecular weight is 375 g/mol. The van der Waals surface area contributed by atoms with Crippen molar-refractivity contribution in [1.82, 2.24) is 9.97 Å². The summed E-state index contributed by atoms with van der Waals surface area (Å²) in [7, 11) is 0. The minimum atomic E-state index is -0.475. The first-order valence-electron chi connectivity index (χ1n) is 2.07. The van der Waals surface area contributed by atoms with E-state index in [4.69, 9.17) is 0 Å². The number of hydrogen-bond acceptors (Lipinski definition) is 2. The van der Waals surface area contributed by atoms with E-state index >= 15 is 0 Å². The molecule has 0 saturated heterocycles. The smallest absolute Gasteiger partial charge is 0.693 e. The zero-order valence-corrected chi connectivity index (χ0v) is 8.71. The van der Waals surface area contributed by atoms with Gasteiger partial charge in [-0.15, -0.1) is 0 Å². The Morgan fingerprint density at radius 1 is 1.08 bits per heavy atom. The molecule has 0 atom stereocenters. The van der Waals surface area contributed by atoms with E-state index in [2.05, 4.69) is 4.98 Å². The molecule has 8 nitrogen and oxygen atoms in total. The van der Waals surface area contributed by atoms with Gasteiger partial charge in [0.25, 0.3) is 5.56 Å². The Hall–Kier alpha value is -0.792. The molecule has 9 heteroatoms. The van der Waals surface area contributed by atoms with E-state index in [0.717, 1.165) is 0 Å². The Balaban J connectivity index is -0.0000000427. The van der Waals surface area contributed by atoms with Gasteiger partial charge in [0, 0.05) is 12.3 Å². The summed E-state index contributed by atoms with van der Waals surface area (Å²) in [4.78, 5) is 24.7. The molecular weight excluding hydrogens is 363 g/mol. The van der Waals surface area contributed by atoms with Crippen LogP contribution in [0.15, 0.2) is 21.9 Å². The van der Waals surface area contributed by atoms with Crippen LogP contribution >= 0.6 is 0 Å². The Morgan fingerprint density at radius 2 is 1.54 bits per heavy atom. The molecule has 0 bridgehead atoms. The van der Waals surface area contributed by atoms with Crippen molar-refractivity contribution in [2.45, 2.75) is 0 Å². The molecule has 0 aliphatic heterocycles. The van der Waals surface area contributed by atoms with Gasteiger partial charge in [-0.05, 0) is 0 Å². The maximum atomic E-state index is 10.2. The zero-order valence-electron chi connectivity index (χ0n) is 6.44. The normalized spacial score (nSPS) is 5.54. The first-order valence-corrected chi connectivity index (χ1v) is 2.07. The van der Waals surface area contributed by atoms with Gasteiger partial charge in [-0.1, -0.05) is 0 Å². The van der Waals surface area contributed by atoms with Crippen LogP contribution in [0.3, 0.4) is 0 Å². The number of hydrogen-bond donors (Lipinski definition) is 2. The van der Waals surface area contributed by atoms with E-state index in [1.54, 1.807) is 0 Å². The number of aromatic nitrogens is 2. The van der Waals surface area contributed by atoms with E-state index in [0.29, 0.717) is 0 Å². The fourth-order valence-corrected chi connectivity index (χ4v) is 0.383. The van der Waals surface area contributed by atoms with Crippen molar-refractivity contribution in [1.29, 1.82) is 0 Å². The molecule has 0 radical (unpaired) electrons. The molecule has 1 aromatic rings. The van der Waals surface area contributed by atoms with E-state index in [1.807, 2.05) is 4.98 Å². The van der Waals surface area contributed by atoms with E-state index in [1.165, 1.54) is 12.3 Å². The number of nitrogens with one attached hydrogen (secondary N) is 2. The van der Waals surface area contributed by atoms with E-state index in [9.17, 15) is 9.59 Å². The second kappa shape index (κ2) is 13.8. The second-order valence-corrected chi connectivity index (χ2v) is 1.30. The molecule has 0 aliphatic rings. The summed E-state index contributed by atoms with van der Waals surface area (Å²) in [5, 5.41) is 0. The van der Waals surface area contributed by atoms with Crippen LogP contribution in [0.25, 0.3) is 12.3 Å². The molecule has 0 amide bonds. The summed E-state index contributed by atoms with van der Waals surface area (Å²) >= 11 is 0. The minimum absolute atomic E-state index is 0. The quantitative estimate of drug-likeness (QED) is 0.578. The van der Waals surface area contributed by atoms with Crippen LogP contribution in [0.1, 0.15) is 0 Å². The van der Waals surface area contributed by atoms with Crippen LogP contribution in [-0.2, 0) is 21.1 Å². The fourth-order valence-electron chi connectivity index (χ4n) is 0.383. The summed E-state index contributed by atoms with van der Waals surface area (Å²) < 4.78 is 0. The molecule has 0 saturated carbocycles. The maximum absolute atomic E-state index is 10.2. The van der Waals surface area contributed by atoms with Crippen LogP contribution in [0.2, 0.25) is 0 Å². The van der Waals surface area contributed by atoms with Gasteiger partial charge in [0.1, 0.15) is 0 Å². The van der Waals surface area contributed by atoms with Gasteiger partial charge in [-0.3, -0.25) is 9.78 Å². The molecule has 0 unspecified atom stereocenters. The molecule has 0 aromatic carbocycles. The standard InChI is InChI=1S/C4H4N2O2.2H2N.2H2O.Pt/c7-3-1-2-5-4(8)6-3;;;;;/h1-2H,(H2,5,6,7,8);4*1H2;/q;2*-1;;;+4. The monoisotopic (exact) mass is 375 g/mol. The SMILES string of the molecule is O.O.O=c1cc[nH]c(=O)[nH]1.[NH2-].[NH2-].[Pt+4]. The summed E-state index contributed by atoms with van der Waals surface area (Å²) in [5.74, 6) is 0. The Morgan fingerprint density at radius 3 is 1.77 bits per heavy atom. The van der Waals surface area contributed by atoms with Crippen molar-refractivity contribution in [2.24, 2.45) is 0 Å². The zero-order chi connectivity index (χ0) is 5.98. The molecule has 0 spiro atoms. The van der Waals surface area contributed by atoms with Crippen molar-refractivity contribution in [2.75, 3.05) is 0 Å². The van der Waals surface area contributed by atoms with Gasteiger partial charge in [0.15, 0.2) is 0 Å². The molecular formula is C4H12N4O4Pt+2. The largest absolute Gasteiger partial charge is 4.00 e. The molecule has 13 heavy (non-hydrogen) atoms. The third kappa shape index (κ3) is 11.2. The number of nitrogens with two attached hydrogens (primary N) is 2. The van der Waals surface area contributed by atoms with E-state index < -0.39 is 5.69 Å². The predicted molar refractivity (Wildman–Crippen MR) is 45.5 cm³/mol. The first kappa shape index (κ1) is 29.5. The van der Waals surface area contributed by atoms with Crippen molar-refractivity contribution >= 4 is 0 Å². The number of H-pyrrole nitrogens is 2. The molecule has 1 heterocycles. The van der Waals surface area contributed by atoms with E-state index in [-0.39, 0.29) is 49.9 Å². The summed E-state index contributed by atoms with van der Waals surface area (Å²) in [6, 6.07) is 1.24. The average Bonchev–Trinajstić information content (AvgIpc) is 1.64. The van der Waals surface area contributed by atoms with Gasteiger partial charge in [-0.2, -0.15) is 0 Å². The third-order valence-corrected chi connectivity index (χ3v) is 0.686. The number of rotatable bonds is 0. The van der Waals surface area contributed by atoms with Crippen molar-refractivity contribution in [3.63, 3.8) is 0 Å². The molecule has 1 rings (SSSR count). The molecule has 0 fully saturated rings. The Labute approximate surface area is 87.8 Å². The van der Waals surface area contributed by atoms with Gasteiger partial charge in [0.2, 0.25) is 0 Å². The fraction of sp³-hybridized carbons (Fsp3) is 0. The van der Waals surface area contributed by atoms with Crippen LogP contribution in [0, 0.1) is 0 Å². The summed E-state index contributed by atoms with van der Waals surface area (Å²) in [6.45, 7) is 0. The molecule has 10 N–H and O–H groups in total. The van der Waals surface area contributed by atoms with Crippen molar-refractivity contribution in [3.8, 4) is 0 Å². The topological polar surface area (TPSA) is 196 Å². The summed E-state index contributed by atoms with van der Waals surface area (Å²) in [6.07, 6.45) is 1.29. The number of aromatic amines is 2. The minimum Gasteiger partial charge on any atom is -0.693 e. The first-order chi connectivity index (χ1) is 3.79.